The van der Waals surface area contributed by atoms with Gasteiger partial charge in [0.15, 0.2) is 5.69 Å². The van der Waals surface area contributed by atoms with Crippen molar-refractivity contribution >= 4 is 5.91 Å². The summed E-state index contributed by atoms with van der Waals surface area (Å²) in [6.07, 6.45) is 4.73. The maximum absolute atomic E-state index is 12.9. The number of carbonyl (C=O) groups excluding carboxylic acids is 1. The van der Waals surface area contributed by atoms with Crippen molar-refractivity contribution in [2.45, 2.75) is 58.1 Å². The van der Waals surface area contributed by atoms with Gasteiger partial charge in [0, 0.05) is 12.2 Å². The SMILES string of the molecule is CCC(CC)n1nc(C(=O)N2CCC[C@@](O)(c3cn[nH]n3)C2)cc1C. The fraction of sp³-hybridized carbons (Fsp3) is 0.647. The van der Waals surface area contributed by atoms with E-state index in [-0.39, 0.29) is 12.5 Å². The van der Waals surface area contributed by atoms with Crippen molar-refractivity contribution in [2.24, 2.45) is 0 Å². The minimum atomic E-state index is -1.16. The van der Waals surface area contributed by atoms with Crippen LogP contribution in [0.2, 0.25) is 0 Å². The molecule has 25 heavy (non-hydrogen) atoms. The number of hydrogen-bond acceptors (Lipinski definition) is 5. The monoisotopic (exact) mass is 346 g/mol. The Balaban J connectivity index is 1.80. The van der Waals surface area contributed by atoms with Crippen LogP contribution < -0.4 is 0 Å². The topological polar surface area (TPSA) is 99.9 Å². The highest BCUT2D eigenvalue weighted by molar-refractivity contribution is 5.92. The summed E-state index contributed by atoms with van der Waals surface area (Å²) in [5.74, 6) is -0.144. The first-order chi connectivity index (χ1) is 12.0. The molecule has 1 fully saturated rings. The molecule has 0 radical (unpaired) electrons. The molecule has 3 rings (SSSR count). The van der Waals surface area contributed by atoms with Crippen LogP contribution in [-0.2, 0) is 5.60 Å². The lowest BCUT2D eigenvalue weighted by Gasteiger charge is -2.37. The van der Waals surface area contributed by atoms with Crippen LogP contribution in [0.1, 0.15) is 67.4 Å². The van der Waals surface area contributed by atoms with E-state index in [1.165, 1.54) is 6.20 Å². The number of rotatable bonds is 5. The molecule has 136 valence electrons. The maximum atomic E-state index is 12.9. The van der Waals surface area contributed by atoms with Crippen molar-refractivity contribution in [1.29, 1.82) is 0 Å². The normalized spacial score (nSPS) is 21.1. The molecule has 0 saturated carbocycles. The third-order valence-corrected chi connectivity index (χ3v) is 5.08. The second kappa shape index (κ2) is 6.95. The largest absolute Gasteiger partial charge is 0.382 e. The average molecular weight is 346 g/mol. The van der Waals surface area contributed by atoms with Crippen LogP contribution in [0.3, 0.4) is 0 Å². The highest BCUT2D eigenvalue weighted by Crippen LogP contribution is 2.30. The summed E-state index contributed by atoms with van der Waals surface area (Å²) in [7, 11) is 0. The number of hydrogen-bond donors (Lipinski definition) is 2. The molecule has 2 aromatic rings. The van der Waals surface area contributed by atoms with Gasteiger partial charge in [-0.3, -0.25) is 9.48 Å². The smallest absolute Gasteiger partial charge is 0.274 e. The van der Waals surface area contributed by atoms with E-state index in [0.29, 0.717) is 36.8 Å². The zero-order valence-electron chi connectivity index (χ0n) is 15.1. The van der Waals surface area contributed by atoms with Gasteiger partial charge >= 0.3 is 0 Å². The molecule has 0 aliphatic carbocycles. The van der Waals surface area contributed by atoms with E-state index < -0.39 is 5.60 Å². The molecule has 1 aliphatic heterocycles. The average Bonchev–Trinajstić information content (AvgIpc) is 3.26. The number of carbonyl (C=O) groups is 1. The van der Waals surface area contributed by atoms with Gasteiger partial charge in [0.1, 0.15) is 11.3 Å². The van der Waals surface area contributed by atoms with Gasteiger partial charge in [-0.15, -0.1) is 0 Å². The zero-order valence-corrected chi connectivity index (χ0v) is 15.1. The molecule has 2 aromatic heterocycles. The van der Waals surface area contributed by atoms with Crippen molar-refractivity contribution in [1.82, 2.24) is 30.1 Å². The third-order valence-electron chi connectivity index (χ3n) is 5.08. The van der Waals surface area contributed by atoms with Gasteiger partial charge in [0.2, 0.25) is 0 Å². The van der Waals surface area contributed by atoms with Gasteiger partial charge in [0.05, 0.1) is 18.8 Å². The summed E-state index contributed by atoms with van der Waals surface area (Å²) in [5, 5.41) is 25.7. The Morgan fingerprint density at radius 3 is 2.84 bits per heavy atom. The van der Waals surface area contributed by atoms with E-state index in [9.17, 15) is 9.90 Å². The molecule has 0 bridgehead atoms. The maximum Gasteiger partial charge on any atom is 0.274 e. The molecule has 0 unspecified atom stereocenters. The molecule has 3 heterocycles. The Kier molecular flexibility index (Phi) is 4.89. The molecule has 1 atom stereocenters. The predicted octanol–water partition coefficient (Wildman–Crippen LogP) is 1.79. The van der Waals surface area contributed by atoms with Crippen molar-refractivity contribution in [3.8, 4) is 0 Å². The third kappa shape index (κ3) is 3.30. The summed E-state index contributed by atoms with van der Waals surface area (Å²) < 4.78 is 1.95. The van der Waals surface area contributed by atoms with E-state index in [4.69, 9.17) is 0 Å². The molecule has 8 heteroatoms. The van der Waals surface area contributed by atoms with Crippen molar-refractivity contribution in [3.05, 3.63) is 29.3 Å². The number of H-pyrrole nitrogens is 1. The summed E-state index contributed by atoms with van der Waals surface area (Å²) in [4.78, 5) is 14.6. The van der Waals surface area contributed by atoms with E-state index in [2.05, 4.69) is 34.4 Å². The molecule has 2 N–H and O–H groups in total. The Morgan fingerprint density at radius 1 is 1.44 bits per heavy atom. The molecule has 1 saturated heterocycles. The van der Waals surface area contributed by atoms with Crippen molar-refractivity contribution in [2.75, 3.05) is 13.1 Å². The highest BCUT2D eigenvalue weighted by Gasteiger charge is 2.39. The lowest BCUT2D eigenvalue weighted by Crippen LogP contribution is -2.48. The first-order valence-electron chi connectivity index (χ1n) is 8.92. The molecule has 0 aromatic carbocycles. The number of likely N-dealkylation sites (tertiary alicyclic amines) is 1. The van der Waals surface area contributed by atoms with Gasteiger partial charge in [-0.2, -0.15) is 20.5 Å². The Morgan fingerprint density at radius 2 is 2.20 bits per heavy atom. The number of piperidine rings is 1. The van der Waals surface area contributed by atoms with E-state index in [1.807, 2.05) is 17.7 Å². The number of nitrogens with zero attached hydrogens (tertiary/aromatic N) is 5. The van der Waals surface area contributed by atoms with Crippen LogP contribution in [0.25, 0.3) is 0 Å². The van der Waals surface area contributed by atoms with Crippen LogP contribution in [0.5, 0.6) is 0 Å². The minimum Gasteiger partial charge on any atom is -0.382 e. The number of aryl methyl sites for hydroxylation is 1. The van der Waals surface area contributed by atoms with E-state index in [1.54, 1.807) is 4.90 Å². The van der Waals surface area contributed by atoms with Gasteiger partial charge in [-0.05, 0) is 38.7 Å². The van der Waals surface area contributed by atoms with Gasteiger partial charge in [0.25, 0.3) is 5.91 Å². The summed E-state index contributed by atoms with van der Waals surface area (Å²) in [6, 6.07) is 2.14. The van der Waals surface area contributed by atoms with Crippen LogP contribution in [-0.4, -0.2) is 54.2 Å². The first kappa shape index (κ1) is 17.6. The fourth-order valence-electron chi connectivity index (χ4n) is 3.60. The van der Waals surface area contributed by atoms with Crippen molar-refractivity contribution in [3.63, 3.8) is 0 Å². The Hall–Kier alpha value is -2.22. The predicted molar refractivity (Wildman–Crippen MR) is 92.0 cm³/mol. The first-order valence-corrected chi connectivity index (χ1v) is 8.92. The van der Waals surface area contributed by atoms with Crippen LogP contribution in [0, 0.1) is 6.92 Å². The van der Waals surface area contributed by atoms with Crippen LogP contribution in [0.15, 0.2) is 12.3 Å². The standard InChI is InChI=1S/C17H26N6O2/c1-4-13(5-2)23-12(3)9-14(20-23)16(24)22-8-6-7-17(25,11-22)15-10-18-21-19-15/h9-10,13,25H,4-8,11H2,1-3H3,(H,18,19,21)/t17-/m0/s1. The number of aliphatic hydroxyl groups is 1. The molecule has 0 spiro atoms. The van der Waals surface area contributed by atoms with E-state index in [0.717, 1.165) is 18.5 Å². The highest BCUT2D eigenvalue weighted by atomic mass is 16.3. The van der Waals surface area contributed by atoms with Crippen molar-refractivity contribution < 1.29 is 9.90 Å². The van der Waals surface area contributed by atoms with Gasteiger partial charge in [-0.25, -0.2) is 0 Å². The quantitative estimate of drug-likeness (QED) is 0.860. The Bertz CT molecular complexity index is 722. The van der Waals surface area contributed by atoms with Gasteiger partial charge in [-0.1, -0.05) is 13.8 Å². The minimum absolute atomic E-state index is 0.144. The molecule has 1 amide bonds. The lowest BCUT2D eigenvalue weighted by atomic mass is 9.90. The summed E-state index contributed by atoms with van der Waals surface area (Å²) in [5.41, 5.74) is 0.742. The van der Waals surface area contributed by atoms with Gasteiger partial charge < -0.3 is 10.0 Å². The van der Waals surface area contributed by atoms with Crippen LogP contribution in [0.4, 0.5) is 0 Å². The molecular formula is C17H26N6O2. The number of aromatic amines is 1. The molecule has 1 aliphatic rings. The summed E-state index contributed by atoms with van der Waals surface area (Å²) >= 11 is 0. The molecular weight excluding hydrogens is 320 g/mol. The number of β-amino-alcohol motifs (C(OH)–C–C–N with tert-alkyl or cyclic N) is 1. The molecule has 8 nitrogen and oxygen atoms in total. The number of nitrogens with one attached hydrogen (secondary N) is 1. The second-order valence-electron chi connectivity index (χ2n) is 6.80. The second-order valence-corrected chi connectivity index (χ2v) is 6.80. The Labute approximate surface area is 147 Å². The summed E-state index contributed by atoms with van der Waals surface area (Å²) in [6.45, 7) is 7.04. The fourth-order valence-corrected chi connectivity index (χ4v) is 3.60. The van der Waals surface area contributed by atoms with Crippen LogP contribution >= 0.6 is 0 Å². The van der Waals surface area contributed by atoms with E-state index >= 15 is 0 Å². The number of aromatic nitrogens is 5. The lowest BCUT2D eigenvalue weighted by molar-refractivity contribution is -0.0322. The zero-order chi connectivity index (χ0) is 18.0. The number of amides is 1.